The summed E-state index contributed by atoms with van der Waals surface area (Å²) in [6.45, 7) is 11.4. The average molecular weight is 674 g/mol. The molecule has 3 aliphatic carbocycles. The number of hydrogen-bond acceptors (Lipinski definition) is 3. The molecule has 3 nitrogen and oxygen atoms in total. The van der Waals surface area contributed by atoms with Crippen LogP contribution in [0.4, 0.5) is 0 Å². The summed E-state index contributed by atoms with van der Waals surface area (Å²) in [5.74, 6) is 2.69. The molecule has 1 fully saturated rings. The van der Waals surface area contributed by atoms with Crippen molar-refractivity contribution in [2.75, 3.05) is 0 Å². The molecule has 0 bridgehead atoms. The quantitative estimate of drug-likeness (QED) is 0.171. The number of rotatable bonds is 5. The van der Waals surface area contributed by atoms with Crippen LogP contribution in [-0.4, -0.2) is 15.0 Å². The Bertz CT molecular complexity index is 2370. The third-order valence-corrected chi connectivity index (χ3v) is 11.7. The molecule has 1 aromatic heterocycles. The number of hydrogen-bond donors (Lipinski definition) is 0. The fourth-order valence-electron chi connectivity index (χ4n) is 8.84. The Hall–Kier alpha value is -5.67. The summed E-state index contributed by atoms with van der Waals surface area (Å²) in [4.78, 5) is 15.7. The van der Waals surface area contributed by atoms with E-state index in [0.717, 1.165) is 41.5 Å². The zero-order valence-electron chi connectivity index (χ0n) is 30.3. The molecule has 3 heteroatoms. The zero-order chi connectivity index (χ0) is 35.4. The Balaban J connectivity index is 1.33. The van der Waals surface area contributed by atoms with Gasteiger partial charge < -0.3 is 0 Å². The van der Waals surface area contributed by atoms with Gasteiger partial charge in [-0.25, -0.2) is 15.0 Å². The second kappa shape index (κ2) is 12.8. The molecule has 0 N–H and O–H groups in total. The Labute approximate surface area is 307 Å². The third-order valence-electron chi connectivity index (χ3n) is 11.7. The molecule has 0 amide bonds. The first kappa shape index (κ1) is 32.3. The third kappa shape index (κ3) is 5.30. The molecule has 1 spiro atoms. The lowest BCUT2D eigenvalue weighted by atomic mass is 9.61. The summed E-state index contributed by atoms with van der Waals surface area (Å²) < 4.78 is 0. The number of benzene rings is 5. The average Bonchev–Trinajstić information content (AvgIpc) is 3.28. The van der Waals surface area contributed by atoms with Gasteiger partial charge in [-0.3, -0.25) is 0 Å². The van der Waals surface area contributed by atoms with Gasteiger partial charge in [-0.05, 0) is 102 Å². The first-order chi connectivity index (χ1) is 25.4. The molecule has 1 saturated carbocycles. The van der Waals surface area contributed by atoms with Crippen LogP contribution in [-0.2, 0) is 5.41 Å². The van der Waals surface area contributed by atoms with Crippen molar-refractivity contribution in [2.45, 2.75) is 58.3 Å². The Morgan fingerprint density at radius 2 is 1.19 bits per heavy atom. The minimum absolute atomic E-state index is 0.243. The smallest absolute Gasteiger partial charge is 0.164 e. The number of nitrogens with zero attached hydrogens (tertiary/aromatic N) is 3. The van der Waals surface area contributed by atoms with Crippen LogP contribution >= 0.6 is 0 Å². The van der Waals surface area contributed by atoms with Gasteiger partial charge in [0, 0.05) is 22.1 Å². The van der Waals surface area contributed by atoms with E-state index >= 15 is 0 Å². The highest BCUT2D eigenvalue weighted by molar-refractivity contribution is 5.95. The van der Waals surface area contributed by atoms with Gasteiger partial charge in [0.1, 0.15) is 0 Å². The van der Waals surface area contributed by atoms with Gasteiger partial charge in [0.25, 0.3) is 0 Å². The molecule has 0 aliphatic heterocycles. The summed E-state index contributed by atoms with van der Waals surface area (Å²) in [5.41, 5.74) is 16.6. The van der Waals surface area contributed by atoms with E-state index in [1.54, 1.807) is 0 Å². The van der Waals surface area contributed by atoms with Crippen LogP contribution in [0.5, 0.6) is 0 Å². The molecular formula is C49H43N3. The molecule has 6 aromatic rings. The fourth-order valence-corrected chi connectivity index (χ4v) is 8.84. The van der Waals surface area contributed by atoms with Crippen LogP contribution in [0, 0.1) is 19.8 Å². The maximum atomic E-state index is 5.30. The molecule has 52 heavy (non-hydrogen) atoms. The highest BCUT2D eigenvalue weighted by atomic mass is 15.0. The Kier molecular flexibility index (Phi) is 7.96. The van der Waals surface area contributed by atoms with Crippen molar-refractivity contribution >= 4 is 12.2 Å². The molecule has 5 aromatic carbocycles. The van der Waals surface area contributed by atoms with Crippen LogP contribution in [0.3, 0.4) is 0 Å². The lowest BCUT2D eigenvalue weighted by Gasteiger charge is -2.42. The maximum absolute atomic E-state index is 5.30. The standard InChI is InChI=1S/C49H43N3/c1-5-34-26-27-49(33(4)28-34)44-17-10-9-14-39(44)40-15-11-16-41(45(40)49)42-29-37-12-7-6-8-13-38(37)30-43(42)48-51-46(35-22-18-31(2)19-23-35)50-47(52-48)36-24-20-32(3)21-25-36/h7-25,29-30,34H,4-6,26-28H2,1-3H3. The van der Waals surface area contributed by atoms with E-state index in [2.05, 4.69) is 148 Å². The van der Waals surface area contributed by atoms with E-state index in [9.17, 15) is 0 Å². The van der Waals surface area contributed by atoms with Crippen molar-refractivity contribution in [2.24, 2.45) is 5.92 Å². The van der Waals surface area contributed by atoms with Crippen molar-refractivity contribution in [1.82, 2.24) is 15.0 Å². The van der Waals surface area contributed by atoms with E-state index in [-0.39, 0.29) is 5.41 Å². The van der Waals surface area contributed by atoms with Crippen molar-refractivity contribution in [1.29, 1.82) is 0 Å². The minimum atomic E-state index is -0.243. The Morgan fingerprint density at radius 3 is 1.81 bits per heavy atom. The van der Waals surface area contributed by atoms with E-state index in [4.69, 9.17) is 21.5 Å². The summed E-state index contributed by atoms with van der Waals surface area (Å²) in [5, 5.41) is 0. The highest BCUT2D eigenvalue weighted by Crippen LogP contribution is 2.61. The van der Waals surface area contributed by atoms with Crippen molar-refractivity contribution in [3.05, 3.63) is 161 Å². The molecule has 2 atom stereocenters. The molecule has 0 radical (unpaired) electrons. The summed E-state index contributed by atoms with van der Waals surface area (Å²) in [6, 6.07) is 37.6. The second-order valence-corrected chi connectivity index (χ2v) is 14.9. The fraction of sp³-hybridized carbons (Fsp3) is 0.204. The van der Waals surface area contributed by atoms with E-state index in [1.807, 2.05) is 0 Å². The van der Waals surface area contributed by atoms with Crippen molar-refractivity contribution < 1.29 is 0 Å². The molecule has 9 rings (SSSR count). The van der Waals surface area contributed by atoms with Gasteiger partial charge >= 0.3 is 0 Å². The SMILES string of the molecule is C=C1CC(CC)CCC12c1ccccc1-c1cccc(-c3cc4c(cc3-c3nc(-c5ccc(C)cc5)nc(-c5ccc(C)cc5)n3)C=CCC=C4)c12. The number of allylic oxidation sites excluding steroid dienone is 3. The molecule has 3 aliphatic rings. The number of aryl methyl sites for hydroxylation is 2. The van der Waals surface area contributed by atoms with Gasteiger partial charge in [-0.1, -0.05) is 152 Å². The lowest BCUT2D eigenvalue weighted by Crippen LogP contribution is -2.33. The van der Waals surface area contributed by atoms with Gasteiger partial charge in [0.2, 0.25) is 0 Å². The topological polar surface area (TPSA) is 38.7 Å². The normalized spacial score (nSPS) is 18.6. The minimum Gasteiger partial charge on any atom is -0.208 e. The first-order valence-corrected chi connectivity index (χ1v) is 18.8. The van der Waals surface area contributed by atoms with Crippen LogP contribution in [0.25, 0.3) is 68.6 Å². The zero-order valence-corrected chi connectivity index (χ0v) is 30.3. The van der Waals surface area contributed by atoms with Crippen molar-refractivity contribution in [3.8, 4) is 56.4 Å². The summed E-state index contributed by atoms with van der Waals surface area (Å²) in [7, 11) is 0. The van der Waals surface area contributed by atoms with Gasteiger partial charge in [-0.15, -0.1) is 0 Å². The van der Waals surface area contributed by atoms with Gasteiger partial charge in [0.15, 0.2) is 17.5 Å². The molecule has 2 unspecified atom stereocenters. The molecule has 1 heterocycles. The monoisotopic (exact) mass is 673 g/mol. The summed E-state index contributed by atoms with van der Waals surface area (Å²) in [6.07, 6.45) is 14.4. The molecular weight excluding hydrogens is 631 g/mol. The maximum Gasteiger partial charge on any atom is 0.164 e. The predicted octanol–water partition coefficient (Wildman–Crippen LogP) is 12.6. The van der Waals surface area contributed by atoms with Crippen LogP contribution in [0.2, 0.25) is 0 Å². The van der Waals surface area contributed by atoms with Crippen LogP contribution in [0.1, 0.15) is 72.4 Å². The van der Waals surface area contributed by atoms with Gasteiger partial charge in [0.05, 0.1) is 0 Å². The molecule has 0 saturated heterocycles. The second-order valence-electron chi connectivity index (χ2n) is 14.9. The van der Waals surface area contributed by atoms with E-state index in [0.29, 0.717) is 23.4 Å². The predicted molar refractivity (Wildman–Crippen MR) is 217 cm³/mol. The Morgan fingerprint density at radius 1 is 0.635 bits per heavy atom. The van der Waals surface area contributed by atoms with E-state index in [1.165, 1.54) is 68.5 Å². The largest absolute Gasteiger partial charge is 0.208 e. The lowest BCUT2D eigenvalue weighted by molar-refractivity contribution is 0.339. The van der Waals surface area contributed by atoms with Crippen LogP contribution < -0.4 is 0 Å². The number of aromatic nitrogens is 3. The number of fused-ring (bicyclic) bond motifs is 6. The summed E-state index contributed by atoms with van der Waals surface area (Å²) >= 11 is 0. The van der Waals surface area contributed by atoms with E-state index < -0.39 is 0 Å². The van der Waals surface area contributed by atoms with Gasteiger partial charge in [-0.2, -0.15) is 0 Å². The highest BCUT2D eigenvalue weighted by Gasteiger charge is 2.49. The first-order valence-electron chi connectivity index (χ1n) is 18.8. The van der Waals surface area contributed by atoms with Crippen LogP contribution in [0.15, 0.2) is 127 Å². The molecule has 254 valence electrons. The van der Waals surface area contributed by atoms with Crippen molar-refractivity contribution in [3.63, 3.8) is 0 Å².